The van der Waals surface area contributed by atoms with E-state index in [4.69, 9.17) is 0 Å². The van der Waals surface area contributed by atoms with Gasteiger partial charge >= 0.3 is 0 Å². The van der Waals surface area contributed by atoms with E-state index in [0.717, 1.165) is 15.5 Å². The zero-order valence-electron chi connectivity index (χ0n) is 8.35. The Kier molecular flexibility index (Phi) is 3.74. The van der Waals surface area contributed by atoms with Crippen molar-refractivity contribution in [3.63, 3.8) is 0 Å². The molecule has 0 bridgehead atoms. The lowest BCUT2D eigenvalue weighted by molar-refractivity contribution is 0.626. The summed E-state index contributed by atoms with van der Waals surface area (Å²) in [4.78, 5) is 1.90. The molecule has 0 atom stereocenters. The Hall–Kier alpha value is -1.13. The highest BCUT2D eigenvalue weighted by molar-refractivity contribution is 8.00. The fourth-order valence-electron chi connectivity index (χ4n) is 1.15. The molecule has 0 aliphatic rings. The molecule has 0 aliphatic carbocycles. The summed E-state index contributed by atoms with van der Waals surface area (Å²) < 4.78 is 15.8. The van der Waals surface area contributed by atoms with E-state index < -0.39 is 0 Å². The molecule has 0 unspecified atom stereocenters. The van der Waals surface area contributed by atoms with Crippen molar-refractivity contribution in [3.8, 4) is 0 Å². The van der Waals surface area contributed by atoms with Gasteiger partial charge in [0.25, 0.3) is 0 Å². The van der Waals surface area contributed by atoms with Crippen molar-refractivity contribution < 1.29 is 4.39 Å². The quantitative estimate of drug-likeness (QED) is 0.625. The van der Waals surface area contributed by atoms with Crippen LogP contribution in [-0.4, -0.2) is 0 Å². The molecule has 16 heavy (non-hydrogen) atoms. The van der Waals surface area contributed by atoms with Crippen LogP contribution in [0.15, 0.2) is 58.3 Å². The lowest BCUT2D eigenvalue weighted by atomic mass is 10.3. The van der Waals surface area contributed by atoms with E-state index in [1.165, 1.54) is 24.1 Å². The number of anilines is 1. The van der Waals surface area contributed by atoms with Gasteiger partial charge in [-0.2, -0.15) is 0 Å². The van der Waals surface area contributed by atoms with Crippen molar-refractivity contribution in [2.75, 3.05) is 4.72 Å². The topological polar surface area (TPSA) is 12.0 Å². The maximum atomic E-state index is 12.7. The first-order chi connectivity index (χ1) is 7.74. The third-order valence-corrected chi connectivity index (χ3v) is 3.11. The smallest absolute Gasteiger partial charge is 0.123 e. The summed E-state index contributed by atoms with van der Waals surface area (Å²) in [6.45, 7) is 0. The van der Waals surface area contributed by atoms with Crippen molar-refractivity contribution in [1.82, 2.24) is 0 Å². The first-order valence-corrected chi connectivity index (χ1v) is 5.98. The van der Waals surface area contributed by atoms with Gasteiger partial charge in [0.15, 0.2) is 0 Å². The minimum atomic E-state index is -0.219. The summed E-state index contributed by atoms with van der Waals surface area (Å²) in [6, 6.07) is 14.1. The van der Waals surface area contributed by atoms with Crippen LogP contribution >= 0.6 is 24.6 Å². The Labute approximate surface area is 104 Å². The van der Waals surface area contributed by atoms with Gasteiger partial charge in [0.1, 0.15) is 5.82 Å². The second-order valence-electron chi connectivity index (χ2n) is 3.20. The average Bonchev–Trinajstić information content (AvgIpc) is 2.30. The molecule has 1 nitrogen and oxygen atoms in total. The highest BCUT2D eigenvalue weighted by Gasteiger charge is 1.95. The molecule has 0 aliphatic heterocycles. The highest BCUT2D eigenvalue weighted by atomic mass is 32.2. The van der Waals surface area contributed by atoms with E-state index in [1.54, 1.807) is 12.1 Å². The fourth-order valence-corrected chi connectivity index (χ4v) is 1.94. The number of hydrogen-bond acceptors (Lipinski definition) is 3. The first-order valence-electron chi connectivity index (χ1n) is 4.71. The monoisotopic (exact) mass is 251 g/mol. The predicted octanol–water partition coefficient (Wildman–Crippen LogP) is 4.23. The molecule has 0 spiro atoms. The van der Waals surface area contributed by atoms with Crippen LogP contribution in [0.5, 0.6) is 0 Å². The molecule has 82 valence electrons. The van der Waals surface area contributed by atoms with Crippen LogP contribution in [0.3, 0.4) is 0 Å². The Morgan fingerprint density at radius 1 is 0.938 bits per heavy atom. The van der Waals surface area contributed by atoms with Gasteiger partial charge in [0, 0.05) is 15.5 Å². The third-order valence-electron chi connectivity index (χ3n) is 1.97. The highest BCUT2D eigenvalue weighted by Crippen LogP contribution is 2.21. The summed E-state index contributed by atoms with van der Waals surface area (Å²) >= 11 is 5.65. The Balaban J connectivity index is 1.97. The number of halogens is 1. The van der Waals surface area contributed by atoms with Crippen LogP contribution in [0.25, 0.3) is 0 Å². The van der Waals surface area contributed by atoms with Gasteiger partial charge in [-0.3, -0.25) is 0 Å². The molecule has 0 radical (unpaired) electrons. The van der Waals surface area contributed by atoms with Crippen molar-refractivity contribution >= 4 is 30.3 Å². The SMILES string of the molecule is Fc1ccc(SNc2ccc(S)cc2)cc1. The van der Waals surface area contributed by atoms with Crippen molar-refractivity contribution in [3.05, 3.63) is 54.3 Å². The fraction of sp³-hybridized carbons (Fsp3) is 0. The lowest BCUT2D eigenvalue weighted by Gasteiger charge is -2.05. The number of rotatable bonds is 3. The van der Waals surface area contributed by atoms with E-state index in [2.05, 4.69) is 17.4 Å². The molecule has 1 N–H and O–H groups in total. The van der Waals surface area contributed by atoms with Crippen LogP contribution in [0, 0.1) is 5.82 Å². The summed E-state index contributed by atoms with van der Waals surface area (Å²) in [6.07, 6.45) is 0. The standard InChI is InChI=1S/C12H10FNS2/c13-9-1-7-12(8-2-9)16-14-10-3-5-11(15)6-4-10/h1-8,14-15H. The van der Waals surface area contributed by atoms with Crippen LogP contribution in [-0.2, 0) is 0 Å². The summed E-state index contributed by atoms with van der Waals surface area (Å²) in [5.74, 6) is -0.219. The van der Waals surface area contributed by atoms with E-state index in [9.17, 15) is 4.39 Å². The molecule has 2 rings (SSSR count). The number of nitrogens with one attached hydrogen (secondary N) is 1. The maximum Gasteiger partial charge on any atom is 0.123 e. The van der Waals surface area contributed by atoms with Gasteiger partial charge in [-0.05, 0) is 60.5 Å². The Bertz CT molecular complexity index is 408. The van der Waals surface area contributed by atoms with Crippen molar-refractivity contribution in [2.45, 2.75) is 9.79 Å². The molecular formula is C12H10FNS2. The van der Waals surface area contributed by atoms with Gasteiger partial charge in [0.2, 0.25) is 0 Å². The lowest BCUT2D eigenvalue weighted by Crippen LogP contribution is -1.86. The molecule has 0 amide bonds. The number of benzene rings is 2. The summed E-state index contributed by atoms with van der Waals surface area (Å²) in [5.41, 5.74) is 0.993. The minimum Gasteiger partial charge on any atom is -0.326 e. The molecule has 2 aromatic carbocycles. The van der Waals surface area contributed by atoms with Crippen molar-refractivity contribution in [1.29, 1.82) is 0 Å². The molecule has 0 heterocycles. The van der Waals surface area contributed by atoms with Gasteiger partial charge in [-0.15, -0.1) is 12.6 Å². The number of thiol groups is 1. The zero-order chi connectivity index (χ0) is 11.4. The second-order valence-corrected chi connectivity index (χ2v) is 4.60. The van der Waals surface area contributed by atoms with Crippen LogP contribution in [0.2, 0.25) is 0 Å². The zero-order valence-corrected chi connectivity index (χ0v) is 10.1. The average molecular weight is 251 g/mol. The van der Waals surface area contributed by atoms with Crippen LogP contribution in [0.1, 0.15) is 0 Å². The Morgan fingerprint density at radius 3 is 2.19 bits per heavy atom. The largest absolute Gasteiger partial charge is 0.326 e. The molecule has 2 aromatic rings. The first kappa shape index (κ1) is 11.4. The van der Waals surface area contributed by atoms with E-state index in [1.807, 2.05) is 24.3 Å². The minimum absolute atomic E-state index is 0.219. The van der Waals surface area contributed by atoms with Crippen molar-refractivity contribution in [2.24, 2.45) is 0 Å². The van der Waals surface area contributed by atoms with Gasteiger partial charge < -0.3 is 4.72 Å². The molecular weight excluding hydrogens is 241 g/mol. The molecule has 4 heteroatoms. The summed E-state index contributed by atoms with van der Waals surface area (Å²) in [5, 5.41) is 0. The second kappa shape index (κ2) is 5.27. The number of hydrogen-bond donors (Lipinski definition) is 2. The molecule has 0 fully saturated rings. The van der Waals surface area contributed by atoms with E-state index >= 15 is 0 Å². The predicted molar refractivity (Wildman–Crippen MR) is 69.6 cm³/mol. The van der Waals surface area contributed by atoms with E-state index in [0.29, 0.717) is 0 Å². The van der Waals surface area contributed by atoms with Gasteiger partial charge in [-0.25, -0.2) is 4.39 Å². The third kappa shape index (κ3) is 3.18. The molecule has 0 saturated heterocycles. The van der Waals surface area contributed by atoms with Crippen LogP contribution in [0.4, 0.5) is 10.1 Å². The van der Waals surface area contributed by atoms with Gasteiger partial charge in [-0.1, -0.05) is 0 Å². The molecule has 0 saturated carbocycles. The molecule has 0 aromatic heterocycles. The summed E-state index contributed by atoms with van der Waals surface area (Å²) in [7, 11) is 0. The van der Waals surface area contributed by atoms with E-state index in [-0.39, 0.29) is 5.82 Å². The van der Waals surface area contributed by atoms with Gasteiger partial charge in [0.05, 0.1) is 0 Å². The normalized spacial score (nSPS) is 10.1. The maximum absolute atomic E-state index is 12.7. The van der Waals surface area contributed by atoms with Crippen LogP contribution < -0.4 is 4.72 Å². The Morgan fingerprint density at radius 2 is 1.56 bits per heavy atom.